The Morgan fingerprint density at radius 1 is 1.17 bits per heavy atom. The quantitative estimate of drug-likeness (QED) is 0.629. The van der Waals surface area contributed by atoms with E-state index in [-0.39, 0.29) is 6.61 Å². The van der Waals surface area contributed by atoms with Gasteiger partial charge < -0.3 is 29.5 Å². The first kappa shape index (κ1) is 17.4. The van der Waals surface area contributed by atoms with Crippen LogP contribution < -0.4 is 0 Å². The molecule has 0 aromatic heterocycles. The fourth-order valence-corrected chi connectivity index (χ4v) is 2.31. The average Bonchev–Trinajstić information content (AvgIpc) is 2.50. The van der Waals surface area contributed by atoms with Crippen LogP contribution in [0.4, 0.5) is 0 Å². The van der Waals surface area contributed by atoms with Gasteiger partial charge in [0.25, 0.3) is 0 Å². The molecule has 0 amide bonds. The summed E-state index contributed by atoms with van der Waals surface area (Å²) in [4.78, 5) is 22.3. The van der Waals surface area contributed by atoms with Gasteiger partial charge in [0.1, 0.15) is 12.2 Å². The Hall–Kier alpha value is -2.00. The van der Waals surface area contributed by atoms with Gasteiger partial charge in [-0.3, -0.25) is 4.79 Å². The van der Waals surface area contributed by atoms with Crippen LogP contribution in [-0.4, -0.2) is 58.0 Å². The Morgan fingerprint density at radius 2 is 1.83 bits per heavy atom. The first-order chi connectivity index (χ1) is 10.9. The van der Waals surface area contributed by atoms with Gasteiger partial charge in [-0.15, -0.1) is 0 Å². The molecule has 1 heterocycles. The number of carboxylic acids is 1. The summed E-state index contributed by atoms with van der Waals surface area (Å²) in [5.74, 6) is -2.21. The van der Waals surface area contributed by atoms with Crippen molar-refractivity contribution in [2.45, 2.75) is 44.2 Å². The fraction of sp³-hybridized carbons (Fsp3) is 0.467. The van der Waals surface area contributed by atoms with Crippen molar-refractivity contribution in [3.8, 4) is 0 Å². The molecule has 2 rings (SSSR count). The Kier molecular flexibility index (Phi) is 5.67. The maximum Gasteiger partial charge on any atom is 0.335 e. The number of rotatable bonds is 5. The van der Waals surface area contributed by atoms with Crippen molar-refractivity contribution in [2.75, 3.05) is 0 Å². The lowest BCUT2D eigenvalue weighted by atomic mass is 9.98. The number of esters is 1. The second-order valence-corrected chi connectivity index (χ2v) is 5.11. The molecule has 1 aromatic rings. The van der Waals surface area contributed by atoms with E-state index in [1.807, 2.05) is 6.07 Å². The van der Waals surface area contributed by atoms with Crippen LogP contribution in [0.1, 0.15) is 12.5 Å². The molecule has 0 radical (unpaired) electrons. The minimum absolute atomic E-state index is 0.0636. The highest BCUT2D eigenvalue weighted by Crippen LogP contribution is 2.26. The number of aliphatic hydroxyl groups excluding tert-OH is 2. The van der Waals surface area contributed by atoms with Gasteiger partial charge in [0.05, 0.1) is 6.61 Å². The molecule has 1 aliphatic rings. The van der Waals surface area contributed by atoms with E-state index < -0.39 is 42.6 Å². The van der Waals surface area contributed by atoms with Crippen molar-refractivity contribution >= 4 is 11.9 Å². The van der Waals surface area contributed by atoms with Gasteiger partial charge in [-0.05, 0) is 5.56 Å². The van der Waals surface area contributed by atoms with Crippen LogP contribution in [0, 0.1) is 0 Å². The van der Waals surface area contributed by atoms with Crippen LogP contribution >= 0.6 is 0 Å². The first-order valence-electron chi connectivity index (χ1n) is 6.97. The summed E-state index contributed by atoms with van der Waals surface area (Å²) in [6, 6.07) is 8.99. The van der Waals surface area contributed by atoms with E-state index in [2.05, 4.69) is 0 Å². The highest BCUT2D eigenvalue weighted by atomic mass is 16.7. The molecule has 3 N–H and O–H groups in total. The fourth-order valence-electron chi connectivity index (χ4n) is 2.31. The number of aliphatic hydroxyl groups is 2. The first-order valence-corrected chi connectivity index (χ1v) is 6.97. The number of carboxylic acid groups (broad SMARTS) is 1. The van der Waals surface area contributed by atoms with Crippen LogP contribution in [0.2, 0.25) is 0 Å². The van der Waals surface area contributed by atoms with Crippen molar-refractivity contribution in [3.05, 3.63) is 35.9 Å². The molecule has 1 aromatic carbocycles. The van der Waals surface area contributed by atoms with E-state index in [0.29, 0.717) is 0 Å². The lowest BCUT2D eigenvalue weighted by molar-refractivity contribution is -0.294. The van der Waals surface area contributed by atoms with Gasteiger partial charge in [0, 0.05) is 6.92 Å². The number of hydrogen-bond donors (Lipinski definition) is 3. The zero-order valence-electron chi connectivity index (χ0n) is 12.4. The van der Waals surface area contributed by atoms with Gasteiger partial charge in [-0.2, -0.15) is 0 Å². The van der Waals surface area contributed by atoms with Crippen molar-refractivity contribution in [3.63, 3.8) is 0 Å². The number of aliphatic carboxylic acids is 1. The molecule has 1 aliphatic heterocycles. The molecular formula is C15H18O8. The van der Waals surface area contributed by atoms with Crippen LogP contribution in [0.5, 0.6) is 0 Å². The molecule has 1 saturated heterocycles. The van der Waals surface area contributed by atoms with Gasteiger partial charge in [0.15, 0.2) is 18.5 Å². The number of carbonyl (C=O) groups excluding carboxylic acids is 1. The number of carbonyl (C=O) groups is 2. The van der Waals surface area contributed by atoms with Crippen LogP contribution in [-0.2, 0) is 30.4 Å². The third-order valence-electron chi connectivity index (χ3n) is 3.37. The summed E-state index contributed by atoms with van der Waals surface area (Å²) < 4.78 is 15.3. The monoisotopic (exact) mass is 326 g/mol. The van der Waals surface area contributed by atoms with Gasteiger partial charge >= 0.3 is 11.9 Å². The molecular weight excluding hydrogens is 308 g/mol. The summed E-state index contributed by atoms with van der Waals surface area (Å²) in [6.45, 7) is 1.17. The Bertz CT molecular complexity index is 546. The molecule has 0 saturated carbocycles. The Labute approximate surface area is 132 Å². The van der Waals surface area contributed by atoms with E-state index in [9.17, 15) is 19.8 Å². The average molecular weight is 326 g/mol. The lowest BCUT2D eigenvalue weighted by Crippen LogP contribution is -2.61. The van der Waals surface area contributed by atoms with E-state index >= 15 is 0 Å². The zero-order chi connectivity index (χ0) is 17.0. The van der Waals surface area contributed by atoms with Crippen molar-refractivity contribution in [2.24, 2.45) is 0 Å². The summed E-state index contributed by atoms with van der Waals surface area (Å²) in [7, 11) is 0. The summed E-state index contributed by atoms with van der Waals surface area (Å²) in [6.07, 6.45) is -7.62. The van der Waals surface area contributed by atoms with Crippen molar-refractivity contribution < 1.29 is 39.1 Å². The van der Waals surface area contributed by atoms with Crippen LogP contribution in [0.3, 0.4) is 0 Å². The maximum atomic E-state index is 11.2. The topological polar surface area (TPSA) is 123 Å². The summed E-state index contributed by atoms with van der Waals surface area (Å²) in [5, 5.41) is 29.0. The second kappa shape index (κ2) is 7.51. The number of benzene rings is 1. The third-order valence-corrected chi connectivity index (χ3v) is 3.37. The smallest absolute Gasteiger partial charge is 0.335 e. The SMILES string of the molecule is CC(=O)O[C@H]1[C@H](O)[C@@H](C(=O)O)O[C@@H](O)[C@@H]1OCc1ccccc1. The van der Waals surface area contributed by atoms with Gasteiger partial charge in [-0.25, -0.2) is 4.79 Å². The molecule has 5 atom stereocenters. The standard InChI is InChI=1S/C15H18O8/c1-8(16)22-11-10(17)12(14(18)19)23-15(20)13(11)21-7-9-5-3-2-4-6-9/h2-6,10-13,15,17,20H,7H2,1H3,(H,18,19)/t10-,11-,12-,13+,15+/m0/s1. The lowest BCUT2D eigenvalue weighted by Gasteiger charge is -2.40. The molecule has 0 unspecified atom stereocenters. The van der Waals surface area contributed by atoms with Gasteiger partial charge in [-0.1, -0.05) is 30.3 Å². The molecule has 0 spiro atoms. The van der Waals surface area contributed by atoms with E-state index in [4.69, 9.17) is 19.3 Å². The van der Waals surface area contributed by atoms with E-state index in [0.717, 1.165) is 12.5 Å². The normalized spacial score (nSPS) is 30.7. The minimum atomic E-state index is -1.72. The molecule has 0 bridgehead atoms. The number of hydrogen-bond acceptors (Lipinski definition) is 7. The molecule has 0 aliphatic carbocycles. The highest BCUT2D eigenvalue weighted by molar-refractivity contribution is 5.73. The van der Waals surface area contributed by atoms with Gasteiger partial charge in [0.2, 0.25) is 0 Å². The van der Waals surface area contributed by atoms with Crippen molar-refractivity contribution in [1.29, 1.82) is 0 Å². The predicted octanol–water partition coefficient (Wildman–Crippen LogP) is -0.334. The Morgan fingerprint density at radius 3 is 2.39 bits per heavy atom. The second-order valence-electron chi connectivity index (χ2n) is 5.11. The van der Waals surface area contributed by atoms with Crippen LogP contribution in [0.15, 0.2) is 30.3 Å². The zero-order valence-corrected chi connectivity index (χ0v) is 12.4. The molecule has 126 valence electrons. The Balaban J connectivity index is 2.13. The molecule has 1 fully saturated rings. The third kappa shape index (κ3) is 4.26. The van der Waals surface area contributed by atoms with E-state index in [1.165, 1.54) is 0 Å². The minimum Gasteiger partial charge on any atom is -0.479 e. The molecule has 8 heteroatoms. The predicted molar refractivity (Wildman–Crippen MR) is 75.1 cm³/mol. The molecule has 8 nitrogen and oxygen atoms in total. The van der Waals surface area contributed by atoms with E-state index in [1.54, 1.807) is 24.3 Å². The number of ether oxygens (including phenoxy) is 3. The van der Waals surface area contributed by atoms with Crippen LogP contribution in [0.25, 0.3) is 0 Å². The highest BCUT2D eigenvalue weighted by Gasteiger charge is 2.50. The summed E-state index contributed by atoms with van der Waals surface area (Å²) in [5.41, 5.74) is 0.788. The van der Waals surface area contributed by atoms with Crippen molar-refractivity contribution in [1.82, 2.24) is 0 Å². The maximum absolute atomic E-state index is 11.2. The molecule has 23 heavy (non-hydrogen) atoms. The largest absolute Gasteiger partial charge is 0.479 e. The summed E-state index contributed by atoms with van der Waals surface area (Å²) >= 11 is 0.